The topological polar surface area (TPSA) is 7.12 Å². The van der Waals surface area contributed by atoms with Crippen molar-refractivity contribution in [1.82, 2.24) is 0 Å². The molecule has 4 heteroatoms. The molecule has 0 spiro atoms. The van der Waals surface area contributed by atoms with E-state index >= 15 is 0 Å². The Bertz CT molecular complexity index is 564. The first-order chi connectivity index (χ1) is 9.69. The summed E-state index contributed by atoms with van der Waals surface area (Å²) in [5.41, 5.74) is 3.64. The van der Waals surface area contributed by atoms with Crippen LogP contribution in [0.5, 0.6) is 0 Å². The van der Waals surface area contributed by atoms with E-state index in [1.165, 1.54) is 16.8 Å². The number of nitrogens with zero attached hydrogens (tertiary/aromatic N) is 2. The van der Waals surface area contributed by atoms with Crippen molar-refractivity contribution in [2.24, 2.45) is 7.05 Å². The Morgan fingerprint density at radius 1 is 1.00 bits per heavy atom. The molecule has 21 heavy (non-hydrogen) atoms. The molecule has 1 heterocycles. The minimum atomic E-state index is 0. The summed E-state index contributed by atoms with van der Waals surface area (Å²) in [6.07, 6.45) is 8.37. The maximum atomic E-state index is 4.26. The van der Waals surface area contributed by atoms with Gasteiger partial charge in [0.25, 0.3) is 0 Å². The normalized spacial score (nSPS) is 10.4. The number of thiol groups is 1. The van der Waals surface area contributed by atoms with Crippen LogP contribution in [0.1, 0.15) is 11.1 Å². The molecule has 0 aliphatic rings. The van der Waals surface area contributed by atoms with E-state index in [0.717, 1.165) is 12.3 Å². The summed E-state index contributed by atoms with van der Waals surface area (Å²) < 4.78 is 2.03. The highest BCUT2D eigenvalue weighted by Gasteiger charge is 1.98. The van der Waals surface area contributed by atoms with E-state index in [1.54, 1.807) is 0 Å². The van der Waals surface area contributed by atoms with Crippen LogP contribution >= 0.6 is 12.6 Å². The predicted octanol–water partition coefficient (Wildman–Crippen LogP) is 0.0515. The molecule has 2 aromatic rings. The summed E-state index contributed by atoms with van der Waals surface area (Å²) in [6, 6.07) is 12.8. The highest BCUT2D eigenvalue weighted by Crippen LogP contribution is 2.15. The van der Waals surface area contributed by atoms with E-state index < -0.39 is 0 Å². The molecule has 0 unspecified atom stereocenters. The van der Waals surface area contributed by atoms with Crippen LogP contribution in [0, 0.1) is 0 Å². The fourth-order valence-corrected chi connectivity index (χ4v) is 2.24. The Morgan fingerprint density at radius 3 is 2.05 bits per heavy atom. The van der Waals surface area contributed by atoms with Crippen LogP contribution in [-0.4, -0.2) is 19.3 Å². The Kier molecular flexibility index (Phi) is 7.82. The Balaban J connectivity index is 0.00000220. The van der Waals surface area contributed by atoms with E-state index in [9.17, 15) is 0 Å². The van der Waals surface area contributed by atoms with Gasteiger partial charge in [0.2, 0.25) is 0 Å². The van der Waals surface area contributed by atoms with Gasteiger partial charge in [-0.05, 0) is 23.3 Å². The molecule has 2 nitrogen and oxygen atoms in total. The van der Waals surface area contributed by atoms with Gasteiger partial charge in [0.1, 0.15) is 7.05 Å². The minimum absolute atomic E-state index is 0. The van der Waals surface area contributed by atoms with Crippen LogP contribution in [-0.2, 0) is 7.05 Å². The zero-order valence-corrected chi connectivity index (χ0v) is 15.5. The number of rotatable bonds is 5. The Morgan fingerprint density at radius 2 is 1.52 bits per heavy atom. The third-order valence-corrected chi connectivity index (χ3v) is 3.44. The second-order valence-corrected chi connectivity index (χ2v) is 5.31. The molecule has 0 N–H and O–H groups in total. The van der Waals surface area contributed by atoms with Crippen LogP contribution in [0.25, 0.3) is 12.2 Å². The lowest BCUT2D eigenvalue weighted by atomic mass is 10.1. The van der Waals surface area contributed by atoms with E-state index in [1.807, 2.05) is 11.6 Å². The van der Waals surface area contributed by atoms with E-state index in [0.29, 0.717) is 0 Å². The van der Waals surface area contributed by atoms with Crippen molar-refractivity contribution in [3.05, 3.63) is 59.9 Å². The van der Waals surface area contributed by atoms with E-state index in [4.69, 9.17) is 0 Å². The number of aryl methyl sites for hydroxylation is 1. The maximum Gasteiger partial charge on any atom is 0.169 e. The van der Waals surface area contributed by atoms with Gasteiger partial charge in [0, 0.05) is 37.2 Å². The van der Waals surface area contributed by atoms with Gasteiger partial charge in [-0.15, -0.1) is 0 Å². The zero-order valence-electron chi connectivity index (χ0n) is 12.4. The van der Waals surface area contributed by atoms with Gasteiger partial charge in [0.05, 0.1) is 0 Å². The largest absolute Gasteiger partial charge is 1.00 e. The molecule has 0 saturated heterocycles. The number of anilines is 1. The third kappa shape index (κ3) is 5.71. The number of pyridine rings is 1. The summed E-state index contributed by atoms with van der Waals surface area (Å²) in [5.74, 6) is 0.865. The zero-order chi connectivity index (χ0) is 14.4. The van der Waals surface area contributed by atoms with Crippen molar-refractivity contribution >= 4 is 30.5 Å². The Hall–Kier alpha value is -1.01. The van der Waals surface area contributed by atoms with Gasteiger partial charge in [0.15, 0.2) is 12.4 Å². The molecule has 0 fully saturated rings. The third-order valence-electron chi connectivity index (χ3n) is 3.24. The lowest BCUT2D eigenvalue weighted by Crippen LogP contribution is -3.00. The van der Waals surface area contributed by atoms with Crippen LogP contribution in [0.3, 0.4) is 0 Å². The predicted molar refractivity (Wildman–Crippen MR) is 90.1 cm³/mol. The molecule has 1 aromatic heterocycles. The molecular formula is C17H21IN2S. The highest BCUT2D eigenvalue weighted by atomic mass is 127. The summed E-state index contributed by atoms with van der Waals surface area (Å²) >= 11 is 4.26. The molecule has 0 aliphatic carbocycles. The summed E-state index contributed by atoms with van der Waals surface area (Å²) in [5, 5.41) is 0. The summed E-state index contributed by atoms with van der Waals surface area (Å²) in [7, 11) is 4.11. The van der Waals surface area contributed by atoms with Crippen molar-refractivity contribution in [3.63, 3.8) is 0 Å². The van der Waals surface area contributed by atoms with Gasteiger partial charge in [-0.2, -0.15) is 12.6 Å². The van der Waals surface area contributed by atoms with E-state index in [2.05, 4.69) is 85.5 Å². The highest BCUT2D eigenvalue weighted by molar-refractivity contribution is 7.80. The second-order valence-electron chi connectivity index (χ2n) is 4.87. The molecular weight excluding hydrogens is 391 g/mol. The molecule has 0 amide bonds. The first-order valence-corrected chi connectivity index (χ1v) is 7.38. The quantitative estimate of drug-likeness (QED) is 0.414. The van der Waals surface area contributed by atoms with Crippen molar-refractivity contribution in [2.45, 2.75) is 0 Å². The molecule has 0 bridgehead atoms. The number of halogens is 1. The van der Waals surface area contributed by atoms with Gasteiger partial charge in [-0.3, -0.25) is 0 Å². The monoisotopic (exact) mass is 412 g/mol. The molecule has 1 aromatic carbocycles. The van der Waals surface area contributed by atoms with Gasteiger partial charge < -0.3 is 28.9 Å². The van der Waals surface area contributed by atoms with Crippen LogP contribution in [0.2, 0.25) is 0 Å². The van der Waals surface area contributed by atoms with Crippen molar-refractivity contribution in [1.29, 1.82) is 0 Å². The first-order valence-electron chi connectivity index (χ1n) is 6.74. The van der Waals surface area contributed by atoms with Gasteiger partial charge in [-0.25, -0.2) is 4.57 Å². The Labute approximate surface area is 149 Å². The van der Waals surface area contributed by atoms with E-state index in [-0.39, 0.29) is 24.0 Å². The second kappa shape index (κ2) is 9.10. The summed E-state index contributed by atoms with van der Waals surface area (Å²) in [4.78, 5) is 2.21. The van der Waals surface area contributed by atoms with Crippen LogP contribution in [0.4, 0.5) is 5.69 Å². The summed E-state index contributed by atoms with van der Waals surface area (Å²) in [6.45, 7) is 0.958. The first kappa shape index (κ1) is 18.0. The average Bonchev–Trinajstić information content (AvgIpc) is 2.47. The molecule has 0 saturated carbocycles. The number of hydrogen-bond acceptors (Lipinski definition) is 2. The number of aromatic nitrogens is 1. The van der Waals surface area contributed by atoms with Crippen molar-refractivity contribution < 1.29 is 28.5 Å². The van der Waals surface area contributed by atoms with Crippen LogP contribution in [0.15, 0.2) is 48.8 Å². The van der Waals surface area contributed by atoms with Gasteiger partial charge >= 0.3 is 0 Å². The fraction of sp³-hybridized carbons (Fsp3) is 0.235. The van der Waals surface area contributed by atoms with Crippen molar-refractivity contribution in [2.75, 3.05) is 24.2 Å². The molecule has 2 rings (SSSR count). The average molecular weight is 412 g/mol. The fourth-order valence-electron chi connectivity index (χ4n) is 1.94. The lowest BCUT2D eigenvalue weighted by Gasteiger charge is -2.17. The minimum Gasteiger partial charge on any atom is -1.00 e. The SMILES string of the molecule is CN(CCS)c1ccc(/C=C/c2cc[n+](C)cc2)cc1.[I-]. The van der Waals surface area contributed by atoms with Crippen LogP contribution < -0.4 is 33.4 Å². The lowest BCUT2D eigenvalue weighted by molar-refractivity contribution is -0.671. The number of benzene rings is 1. The molecule has 112 valence electrons. The molecule has 0 radical (unpaired) electrons. The standard InChI is InChI=1S/C17H20N2S.HI/c1-18-11-9-16(10-12-18)4-3-15-5-7-17(8-6-15)19(2)13-14-20;/h3-12H,13-14H2,1-2H3;1H. The molecule has 0 atom stereocenters. The molecule has 0 aliphatic heterocycles. The smallest absolute Gasteiger partial charge is 0.169 e. The maximum absolute atomic E-state index is 4.26. The van der Waals surface area contributed by atoms with Gasteiger partial charge in [-0.1, -0.05) is 24.3 Å². The number of hydrogen-bond donors (Lipinski definition) is 1. The van der Waals surface area contributed by atoms with Crippen molar-refractivity contribution in [3.8, 4) is 0 Å².